The van der Waals surface area contributed by atoms with Gasteiger partial charge in [-0.2, -0.15) is 0 Å². The van der Waals surface area contributed by atoms with Crippen molar-refractivity contribution in [2.45, 2.75) is 17.0 Å². The Morgan fingerprint density at radius 2 is 2.00 bits per heavy atom. The van der Waals surface area contributed by atoms with Crippen molar-refractivity contribution in [2.24, 2.45) is 0 Å². The summed E-state index contributed by atoms with van der Waals surface area (Å²) in [5, 5.41) is 12.3. The Morgan fingerprint density at radius 3 is 2.79 bits per heavy atom. The van der Waals surface area contributed by atoms with Crippen molar-refractivity contribution in [3.05, 3.63) is 70.3 Å². The maximum absolute atomic E-state index is 12.4. The molecule has 0 aliphatic rings. The first kappa shape index (κ1) is 18.5. The minimum Gasteiger partial charge on any atom is -0.497 e. The van der Waals surface area contributed by atoms with Gasteiger partial charge in [0.2, 0.25) is 5.13 Å². The second-order valence-electron chi connectivity index (χ2n) is 5.96. The van der Waals surface area contributed by atoms with Crippen LogP contribution in [0.5, 0.6) is 5.75 Å². The summed E-state index contributed by atoms with van der Waals surface area (Å²) in [7, 11) is 1.64. The lowest BCUT2D eigenvalue weighted by molar-refractivity contribution is 0.415. The highest BCUT2D eigenvalue weighted by Gasteiger charge is 2.09. The van der Waals surface area contributed by atoms with Crippen LogP contribution in [0.15, 0.2) is 57.7 Å². The summed E-state index contributed by atoms with van der Waals surface area (Å²) in [4.78, 5) is 16.9. The van der Waals surface area contributed by atoms with Crippen LogP contribution in [-0.4, -0.2) is 26.7 Å². The molecular weight excluding hydrogens is 394 g/mol. The number of anilines is 2. The van der Waals surface area contributed by atoms with Gasteiger partial charge in [-0.3, -0.25) is 9.20 Å². The summed E-state index contributed by atoms with van der Waals surface area (Å²) < 4.78 is 7.57. The highest BCUT2D eigenvalue weighted by atomic mass is 32.2. The average molecular weight is 412 g/mol. The smallest absolute Gasteiger partial charge is 0.258 e. The molecule has 7 nitrogen and oxygen atoms in total. The molecule has 0 radical (unpaired) electrons. The Kier molecular flexibility index (Phi) is 5.27. The molecule has 0 saturated heterocycles. The van der Waals surface area contributed by atoms with Crippen molar-refractivity contribution in [3.8, 4) is 5.75 Å². The molecule has 3 heterocycles. The van der Waals surface area contributed by atoms with E-state index in [2.05, 4.69) is 20.5 Å². The van der Waals surface area contributed by atoms with Crippen LogP contribution in [0.4, 0.5) is 10.8 Å². The highest BCUT2D eigenvalue weighted by Crippen LogP contribution is 2.29. The zero-order valence-electron chi connectivity index (χ0n) is 15.2. The van der Waals surface area contributed by atoms with E-state index in [0.29, 0.717) is 16.5 Å². The topological polar surface area (TPSA) is 81.4 Å². The number of hydrogen-bond donors (Lipinski definition) is 1. The fraction of sp³-hybridized carbons (Fsp3) is 0.158. The zero-order chi connectivity index (χ0) is 19.5. The lowest BCUT2D eigenvalue weighted by Gasteiger charge is -2.05. The standard InChI is InChI=1S/C19H17N5O2S2/c1-12-4-3-5-16-20-14(10-17(25)24(12)16)11-27-19-23-22-18(28-19)21-13-6-8-15(26-2)9-7-13/h3-10H,11H2,1-2H3,(H,21,22). The van der Waals surface area contributed by atoms with Gasteiger partial charge in [0.25, 0.3) is 5.56 Å². The minimum atomic E-state index is -0.0715. The van der Waals surface area contributed by atoms with E-state index in [0.717, 1.165) is 27.2 Å². The normalized spacial score (nSPS) is 10.9. The summed E-state index contributed by atoms with van der Waals surface area (Å²) in [5.74, 6) is 1.35. The van der Waals surface area contributed by atoms with Crippen LogP contribution in [0, 0.1) is 6.92 Å². The molecule has 4 rings (SSSR count). The van der Waals surface area contributed by atoms with Gasteiger partial charge in [0.05, 0.1) is 12.8 Å². The molecule has 0 aliphatic carbocycles. The molecule has 1 N–H and O–H groups in total. The van der Waals surface area contributed by atoms with E-state index in [1.54, 1.807) is 17.6 Å². The molecule has 4 aromatic rings. The zero-order valence-corrected chi connectivity index (χ0v) is 16.9. The van der Waals surface area contributed by atoms with Crippen molar-refractivity contribution < 1.29 is 4.74 Å². The van der Waals surface area contributed by atoms with Gasteiger partial charge in [-0.25, -0.2) is 4.98 Å². The summed E-state index contributed by atoms with van der Waals surface area (Å²) in [6, 6.07) is 14.8. The summed E-state index contributed by atoms with van der Waals surface area (Å²) in [5.41, 5.74) is 3.08. The van der Waals surface area contributed by atoms with Crippen molar-refractivity contribution in [1.82, 2.24) is 19.6 Å². The Morgan fingerprint density at radius 1 is 1.18 bits per heavy atom. The number of rotatable bonds is 6. The van der Waals surface area contributed by atoms with E-state index in [1.165, 1.54) is 23.1 Å². The molecule has 0 spiro atoms. The van der Waals surface area contributed by atoms with Gasteiger partial charge in [0, 0.05) is 23.2 Å². The second kappa shape index (κ2) is 7.99. The number of aromatic nitrogens is 4. The van der Waals surface area contributed by atoms with E-state index in [1.807, 2.05) is 49.4 Å². The molecule has 3 aromatic heterocycles. The number of methoxy groups -OCH3 is 1. The number of nitrogens with one attached hydrogen (secondary N) is 1. The highest BCUT2D eigenvalue weighted by molar-refractivity contribution is 8.00. The average Bonchev–Trinajstić information content (AvgIpc) is 3.14. The number of nitrogens with zero attached hydrogens (tertiary/aromatic N) is 4. The summed E-state index contributed by atoms with van der Waals surface area (Å²) >= 11 is 2.96. The Labute approximate surface area is 169 Å². The number of aryl methyl sites for hydroxylation is 1. The molecule has 0 aliphatic heterocycles. The lowest BCUT2D eigenvalue weighted by atomic mass is 10.3. The third kappa shape index (κ3) is 4.00. The molecule has 0 atom stereocenters. The van der Waals surface area contributed by atoms with Crippen molar-refractivity contribution in [1.29, 1.82) is 0 Å². The first-order chi connectivity index (χ1) is 13.6. The Hall–Kier alpha value is -2.91. The molecule has 0 fully saturated rings. The minimum absolute atomic E-state index is 0.0715. The summed E-state index contributed by atoms with van der Waals surface area (Å²) in [6.45, 7) is 1.89. The molecule has 0 unspecified atom stereocenters. The molecule has 1 aromatic carbocycles. The van der Waals surface area contributed by atoms with Crippen LogP contribution in [-0.2, 0) is 5.75 Å². The van der Waals surface area contributed by atoms with Gasteiger partial charge in [-0.1, -0.05) is 29.2 Å². The predicted octanol–water partition coefficient (Wildman–Crippen LogP) is 3.90. The van der Waals surface area contributed by atoms with E-state index in [4.69, 9.17) is 4.74 Å². The Bertz CT molecular complexity index is 1170. The van der Waals surface area contributed by atoms with Crippen LogP contribution < -0.4 is 15.6 Å². The van der Waals surface area contributed by atoms with E-state index >= 15 is 0 Å². The van der Waals surface area contributed by atoms with Gasteiger partial charge in [0.1, 0.15) is 11.4 Å². The van der Waals surface area contributed by atoms with Gasteiger partial charge < -0.3 is 10.1 Å². The second-order valence-corrected chi connectivity index (χ2v) is 8.16. The van der Waals surface area contributed by atoms with Gasteiger partial charge >= 0.3 is 0 Å². The number of hydrogen-bond acceptors (Lipinski definition) is 8. The van der Waals surface area contributed by atoms with E-state index < -0.39 is 0 Å². The molecule has 28 heavy (non-hydrogen) atoms. The SMILES string of the molecule is COc1ccc(Nc2nnc(SCc3cc(=O)n4c(C)cccc4n3)s2)cc1. The Balaban J connectivity index is 1.44. The maximum Gasteiger partial charge on any atom is 0.258 e. The third-order valence-electron chi connectivity index (χ3n) is 4.02. The molecule has 0 bridgehead atoms. The lowest BCUT2D eigenvalue weighted by Crippen LogP contribution is -2.17. The van der Waals surface area contributed by atoms with E-state index in [9.17, 15) is 4.79 Å². The fourth-order valence-electron chi connectivity index (χ4n) is 2.69. The molecule has 0 amide bonds. The molecule has 142 valence electrons. The first-order valence-electron chi connectivity index (χ1n) is 8.48. The number of thioether (sulfide) groups is 1. The van der Waals surface area contributed by atoms with Gasteiger partial charge in [-0.05, 0) is 43.3 Å². The predicted molar refractivity (Wildman–Crippen MR) is 112 cm³/mol. The van der Waals surface area contributed by atoms with E-state index in [-0.39, 0.29) is 5.56 Å². The third-order valence-corrected chi connectivity index (χ3v) is 6.03. The fourth-order valence-corrected chi connectivity index (χ4v) is 4.35. The number of ether oxygens (including phenoxy) is 1. The summed E-state index contributed by atoms with van der Waals surface area (Å²) in [6.07, 6.45) is 0. The van der Waals surface area contributed by atoms with Crippen LogP contribution >= 0.6 is 23.1 Å². The van der Waals surface area contributed by atoms with Crippen molar-refractivity contribution >= 4 is 39.6 Å². The molecular formula is C19H17N5O2S2. The van der Waals surface area contributed by atoms with Crippen molar-refractivity contribution in [3.63, 3.8) is 0 Å². The molecule has 0 saturated carbocycles. The van der Waals surface area contributed by atoms with Crippen LogP contribution in [0.1, 0.15) is 11.4 Å². The van der Waals surface area contributed by atoms with Crippen molar-refractivity contribution in [2.75, 3.05) is 12.4 Å². The maximum atomic E-state index is 12.4. The molecule has 9 heteroatoms. The number of pyridine rings is 1. The number of fused-ring (bicyclic) bond motifs is 1. The monoisotopic (exact) mass is 411 g/mol. The largest absolute Gasteiger partial charge is 0.497 e. The van der Waals surface area contributed by atoms with Crippen LogP contribution in [0.25, 0.3) is 5.65 Å². The first-order valence-corrected chi connectivity index (χ1v) is 10.3. The van der Waals surface area contributed by atoms with Gasteiger partial charge in [0.15, 0.2) is 4.34 Å². The van der Waals surface area contributed by atoms with Crippen LogP contribution in [0.3, 0.4) is 0 Å². The van der Waals surface area contributed by atoms with Crippen LogP contribution in [0.2, 0.25) is 0 Å². The number of benzene rings is 1. The van der Waals surface area contributed by atoms with Gasteiger partial charge in [-0.15, -0.1) is 10.2 Å². The quantitative estimate of drug-likeness (QED) is 0.482.